The van der Waals surface area contributed by atoms with Gasteiger partial charge in [0.25, 0.3) is 11.6 Å². The number of hydrogen-bond donors (Lipinski definition) is 4. The van der Waals surface area contributed by atoms with Gasteiger partial charge in [0.2, 0.25) is 6.41 Å². The van der Waals surface area contributed by atoms with Gasteiger partial charge in [-0.15, -0.1) is 0 Å². The molecule has 0 atom stereocenters. The molecule has 0 aromatic carbocycles. The quantitative estimate of drug-likeness (QED) is 0.209. The minimum Gasteiger partial charge on any atom is -0.399 e. The van der Waals surface area contributed by atoms with Crippen molar-refractivity contribution in [1.29, 1.82) is 0 Å². The van der Waals surface area contributed by atoms with Gasteiger partial charge in [0.05, 0.1) is 24.3 Å². The van der Waals surface area contributed by atoms with Crippen molar-refractivity contribution < 1.29 is 19.2 Å². The van der Waals surface area contributed by atoms with Gasteiger partial charge in [0, 0.05) is 38.5 Å². The predicted molar refractivity (Wildman–Crippen MR) is 98.9 cm³/mol. The number of primary amides is 1. The number of amides is 2. The summed E-state index contributed by atoms with van der Waals surface area (Å²) >= 11 is 0. The number of ether oxygens (including phenoxy) is 1. The molecule has 148 valence electrons. The third-order valence-electron chi connectivity index (χ3n) is 3.60. The Morgan fingerprint density at radius 1 is 1.41 bits per heavy atom. The Labute approximate surface area is 156 Å². The van der Waals surface area contributed by atoms with Crippen molar-refractivity contribution in [3.63, 3.8) is 0 Å². The van der Waals surface area contributed by atoms with Crippen molar-refractivity contribution in [2.45, 2.75) is 0 Å². The molecular formula is C16H24N6O5. The zero-order valence-electron chi connectivity index (χ0n) is 14.8. The number of rotatable bonds is 7. The van der Waals surface area contributed by atoms with Crippen molar-refractivity contribution in [3.8, 4) is 0 Å². The number of H-pyrrole nitrogens is 1. The summed E-state index contributed by atoms with van der Waals surface area (Å²) < 4.78 is 5.27. The molecule has 11 heteroatoms. The molecule has 0 aliphatic carbocycles. The zero-order chi connectivity index (χ0) is 20.1. The summed E-state index contributed by atoms with van der Waals surface area (Å²) in [6.45, 7) is 4.52. The van der Waals surface area contributed by atoms with Crippen LogP contribution in [-0.4, -0.2) is 66.5 Å². The summed E-state index contributed by atoms with van der Waals surface area (Å²) in [5.41, 5.74) is 10.2. The largest absolute Gasteiger partial charge is 0.399 e. The van der Waals surface area contributed by atoms with Gasteiger partial charge in [-0.3, -0.25) is 24.6 Å². The highest BCUT2D eigenvalue weighted by Gasteiger charge is 2.12. The van der Waals surface area contributed by atoms with Gasteiger partial charge in [0.1, 0.15) is 5.69 Å². The molecule has 1 fully saturated rings. The fourth-order valence-electron chi connectivity index (χ4n) is 2.24. The van der Waals surface area contributed by atoms with Crippen LogP contribution < -0.4 is 16.8 Å². The zero-order valence-corrected chi connectivity index (χ0v) is 14.8. The average Bonchev–Trinajstić information content (AvgIpc) is 3.12. The van der Waals surface area contributed by atoms with Crippen LogP contribution in [0.25, 0.3) is 6.08 Å². The number of nitrogens with one attached hydrogen (secondary N) is 2. The molecule has 1 aliphatic rings. The number of nitrogens with two attached hydrogens (primary N) is 2. The van der Waals surface area contributed by atoms with Gasteiger partial charge in [-0.1, -0.05) is 0 Å². The third kappa shape index (κ3) is 8.16. The van der Waals surface area contributed by atoms with Crippen LogP contribution in [0.3, 0.4) is 0 Å². The van der Waals surface area contributed by atoms with E-state index in [1.165, 1.54) is 12.2 Å². The van der Waals surface area contributed by atoms with Crippen molar-refractivity contribution in [2.24, 2.45) is 11.5 Å². The second-order valence-electron chi connectivity index (χ2n) is 5.37. The van der Waals surface area contributed by atoms with Crippen molar-refractivity contribution in [1.82, 2.24) is 15.2 Å². The number of aromatic nitrogens is 1. The molecular weight excluding hydrogens is 356 g/mol. The Kier molecular flexibility index (Phi) is 9.89. The van der Waals surface area contributed by atoms with Crippen molar-refractivity contribution in [3.05, 3.63) is 51.6 Å². The van der Waals surface area contributed by atoms with E-state index in [4.69, 9.17) is 15.3 Å². The van der Waals surface area contributed by atoms with Crippen LogP contribution >= 0.6 is 0 Å². The lowest BCUT2D eigenvalue weighted by atomic mass is 10.2. The Bertz CT molecular complexity index is 679. The second kappa shape index (κ2) is 12.2. The van der Waals surface area contributed by atoms with Gasteiger partial charge in [0.15, 0.2) is 0 Å². The van der Waals surface area contributed by atoms with E-state index in [1.807, 2.05) is 0 Å². The van der Waals surface area contributed by atoms with Crippen LogP contribution in [0.4, 0.5) is 0 Å². The van der Waals surface area contributed by atoms with E-state index in [0.717, 1.165) is 39.0 Å². The van der Waals surface area contributed by atoms with E-state index >= 15 is 0 Å². The fourth-order valence-corrected chi connectivity index (χ4v) is 2.24. The lowest BCUT2D eigenvalue weighted by Gasteiger charge is -2.26. The maximum atomic E-state index is 12.1. The summed E-state index contributed by atoms with van der Waals surface area (Å²) in [4.78, 5) is 35.8. The molecule has 1 aromatic rings. The highest BCUT2D eigenvalue weighted by molar-refractivity contribution is 5.93. The number of nitro groups is 1. The Balaban J connectivity index is 0.00000114. The number of aromatic amines is 1. The number of carbonyl (C=O) groups is 2. The maximum absolute atomic E-state index is 12.1. The molecule has 11 nitrogen and oxygen atoms in total. The second-order valence-corrected chi connectivity index (χ2v) is 5.37. The first-order chi connectivity index (χ1) is 13.0. The molecule has 0 spiro atoms. The van der Waals surface area contributed by atoms with Gasteiger partial charge >= 0.3 is 0 Å². The van der Waals surface area contributed by atoms with Gasteiger partial charge in [-0.05, 0) is 17.7 Å². The lowest BCUT2D eigenvalue weighted by molar-refractivity contribution is -0.419. The van der Waals surface area contributed by atoms with Crippen LogP contribution in [0.5, 0.6) is 0 Å². The fraction of sp³-hybridized carbons (Fsp3) is 0.375. The topological polar surface area (TPSA) is 170 Å². The molecule has 0 bridgehead atoms. The molecule has 2 rings (SSSR count). The first kappa shape index (κ1) is 21.9. The number of allylic oxidation sites excluding steroid dienone is 1. The third-order valence-corrected chi connectivity index (χ3v) is 3.60. The van der Waals surface area contributed by atoms with E-state index in [0.29, 0.717) is 17.8 Å². The summed E-state index contributed by atoms with van der Waals surface area (Å²) in [6.07, 6.45) is 5.57. The summed E-state index contributed by atoms with van der Waals surface area (Å²) in [5.74, 6) is -0.216. The molecule has 1 saturated heterocycles. The predicted octanol–water partition coefficient (Wildman–Crippen LogP) is -0.732. The van der Waals surface area contributed by atoms with Crippen LogP contribution in [0.2, 0.25) is 0 Å². The first-order valence-corrected chi connectivity index (χ1v) is 8.18. The van der Waals surface area contributed by atoms with Crippen LogP contribution in [0, 0.1) is 10.1 Å². The minimum atomic E-state index is -0.581. The van der Waals surface area contributed by atoms with Gasteiger partial charge in [-0.2, -0.15) is 0 Å². The maximum Gasteiger partial charge on any atom is 0.284 e. The molecule has 0 radical (unpaired) electrons. The van der Waals surface area contributed by atoms with E-state index in [1.54, 1.807) is 12.3 Å². The smallest absolute Gasteiger partial charge is 0.284 e. The van der Waals surface area contributed by atoms with Crippen molar-refractivity contribution >= 4 is 18.4 Å². The summed E-state index contributed by atoms with van der Waals surface area (Å²) in [7, 11) is 0. The average molecular weight is 380 g/mol. The van der Waals surface area contributed by atoms with E-state index in [-0.39, 0.29) is 18.0 Å². The highest BCUT2D eigenvalue weighted by Crippen LogP contribution is 2.08. The van der Waals surface area contributed by atoms with E-state index in [2.05, 4.69) is 20.9 Å². The summed E-state index contributed by atoms with van der Waals surface area (Å²) in [6, 6.07) is 1.62. The van der Waals surface area contributed by atoms with Crippen molar-refractivity contribution in [2.75, 3.05) is 39.4 Å². The Hall–Kier alpha value is -3.18. The number of morpholine rings is 1. The molecule has 0 saturated carbocycles. The number of nitrogens with zero attached hydrogens (tertiary/aromatic N) is 2. The highest BCUT2D eigenvalue weighted by atomic mass is 16.6. The molecule has 6 N–H and O–H groups in total. The van der Waals surface area contributed by atoms with Crippen LogP contribution in [0.15, 0.2) is 30.2 Å². The summed E-state index contributed by atoms with van der Waals surface area (Å²) in [5, 5.41) is 13.5. The Morgan fingerprint density at radius 3 is 2.67 bits per heavy atom. The monoisotopic (exact) mass is 380 g/mol. The van der Waals surface area contributed by atoms with E-state index < -0.39 is 4.92 Å². The normalized spacial score (nSPS) is 15.0. The standard InChI is InChI=1S/C15H21N5O4.CH3NO/c16-10-13(20(22)23)2-1-12-9-14(18-11-12)15(21)17-3-4-19-5-7-24-8-6-19;2-1-3/h1-2,9-11,18H,3-8,16H2,(H,17,21);1H,(H2,2,3)/b2-1+,13-10+;. The molecule has 27 heavy (non-hydrogen) atoms. The Morgan fingerprint density at radius 2 is 2.07 bits per heavy atom. The molecule has 2 amide bonds. The molecule has 1 aliphatic heterocycles. The number of hydrogen-bond acceptors (Lipinski definition) is 7. The molecule has 2 heterocycles. The SMILES string of the molecule is N/C=C(\C=C\c1c[nH]c(C(=O)NCCN2CCOCC2)c1)[N+](=O)[O-].NC=O. The number of carbonyl (C=O) groups excluding carboxylic acids is 2. The molecule has 1 aromatic heterocycles. The van der Waals surface area contributed by atoms with Gasteiger partial charge in [-0.25, -0.2) is 0 Å². The van der Waals surface area contributed by atoms with Crippen LogP contribution in [0.1, 0.15) is 16.1 Å². The van der Waals surface area contributed by atoms with Gasteiger partial charge < -0.3 is 26.5 Å². The first-order valence-electron chi connectivity index (χ1n) is 8.18. The minimum absolute atomic E-state index is 0.215. The molecule has 0 unspecified atom stereocenters. The van der Waals surface area contributed by atoms with E-state index in [9.17, 15) is 14.9 Å². The lowest BCUT2D eigenvalue weighted by Crippen LogP contribution is -2.41. The van der Waals surface area contributed by atoms with Crippen LogP contribution in [-0.2, 0) is 9.53 Å².